The average molecular weight is 166 g/mol. The minimum atomic E-state index is 0.914. The van der Waals surface area contributed by atoms with Crippen molar-refractivity contribution in [1.82, 2.24) is 5.73 Å². The molecule has 0 spiro atoms. The van der Waals surface area contributed by atoms with Crippen LogP contribution >= 0.6 is 0 Å². The van der Waals surface area contributed by atoms with Crippen molar-refractivity contribution in [2.75, 3.05) is 0 Å². The molecule has 0 amide bonds. The molecule has 0 atom stereocenters. The quantitative estimate of drug-likeness (QED) is 0.409. The zero-order valence-corrected chi connectivity index (χ0v) is 8.16. The molecule has 0 heterocycles. The normalized spacial score (nSPS) is 9.08. The fourth-order valence-electron chi connectivity index (χ4n) is 1.23. The molecule has 0 aromatic heterocycles. The van der Waals surface area contributed by atoms with Gasteiger partial charge in [0.25, 0.3) is 0 Å². The van der Waals surface area contributed by atoms with Crippen molar-refractivity contribution in [3.8, 4) is 12.0 Å². The van der Waals surface area contributed by atoms with Crippen molar-refractivity contribution >= 4 is 0 Å². The Morgan fingerprint density at radius 3 is 2.08 bits per heavy atom. The molecule has 0 bridgehead atoms. The molecule has 0 aromatic rings. The van der Waals surface area contributed by atoms with E-state index in [0.29, 0.717) is 0 Å². The van der Waals surface area contributed by atoms with E-state index in [1.54, 1.807) is 0 Å². The Kier molecular flexibility index (Phi) is 9.81. The summed E-state index contributed by atoms with van der Waals surface area (Å²) in [5.74, 6) is 2.77. The van der Waals surface area contributed by atoms with E-state index < -0.39 is 0 Å². The highest BCUT2D eigenvalue weighted by Gasteiger charge is 1.88. The van der Waals surface area contributed by atoms with Crippen LogP contribution in [0.15, 0.2) is 0 Å². The lowest BCUT2D eigenvalue weighted by molar-refractivity contribution is 0.594. The molecule has 1 heteroatoms. The molecule has 0 aliphatic rings. The fourth-order valence-corrected chi connectivity index (χ4v) is 1.23. The second kappa shape index (κ2) is 10.4. The minimum Gasteiger partial charge on any atom is -0.252 e. The summed E-state index contributed by atoms with van der Waals surface area (Å²) in [6, 6.07) is 2.18. The van der Waals surface area contributed by atoms with E-state index in [9.17, 15) is 0 Å². The first-order chi connectivity index (χ1) is 5.91. The first-order valence-electron chi connectivity index (χ1n) is 5.06. The Morgan fingerprint density at radius 2 is 1.50 bits per heavy atom. The molecule has 1 N–H and O–H groups in total. The van der Waals surface area contributed by atoms with Crippen LogP contribution < -0.4 is 5.73 Å². The van der Waals surface area contributed by atoms with E-state index in [1.165, 1.54) is 44.9 Å². The van der Waals surface area contributed by atoms with E-state index in [0.717, 1.165) is 6.42 Å². The van der Waals surface area contributed by atoms with Crippen LogP contribution in [0.3, 0.4) is 0 Å². The van der Waals surface area contributed by atoms with Crippen molar-refractivity contribution in [1.29, 1.82) is 0 Å². The minimum absolute atomic E-state index is 0.914. The summed E-state index contributed by atoms with van der Waals surface area (Å²) in [5, 5.41) is 0. The Morgan fingerprint density at radius 1 is 0.917 bits per heavy atom. The molecule has 1 nitrogen and oxygen atoms in total. The monoisotopic (exact) mass is 166 g/mol. The highest BCUT2D eigenvalue weighted by atomic mass is 14.4. The van der Waals surface area contributed by atoms with Crippen molar-refractivity contribution < 1.29 is 0 Å². The van der Waals surface area contributed by atoms with Gasteiger partial charge in [-0.15, -0.1) is 0 Å². The second-order valence-electron chi connectivity index (χ2n) is 3.17. The van der Waals surface area contributed by atoms with Gasteiger partial charge in [-0.1, -0.05) is 51.4 Å². The van der Waals surface area contributed by atoms with Gasteiger partial charge in [0.05, 0.1) is 0 Å². The van der Waals surface area contributed by atoms with Gasteiger partial charge in [0.2, 0.25) is 0 Å². The third kappa shape index (κ3) is 9.36. The maximum atomic E-state index is 6.61. The smallest absolute Gasteiger partial charge is 0.0254 e. The summed E-state index contributed by atoms with van der Waals surface area (Å²) in [4.78, 5) is 0. The summed E-state index contributed by atoms with van der Waals surface area (Å²) in [7, 11) is 0. The second-order valence-corrected chi connectivity index (χ2v) is 3.17. The predicted octanol–water partition coefficient (Wildman–Crippen LogP) is 3.37. The molecule has 0 saturated heterocycles. The van der Waals surface area contributed by atoms with Crippen molar-refractivity contribution in [3.05, 3.63) is 0 Å². The third-order valence-corrected chi connectivity index (χ3v) is 1.99. The summed E-state index contributed by atoms with van der Waals surface area (Å²) in [5.41, 5.74) is 6.61. The summed E-state index contributed by atoms with van der Waals surface area (Å²) in [6.45, 7) is 2.24. The molecule has 12 heavy (non-hydrogen) atoms. The molecule has 0 aliphatic carbocycles. The number of unbranched alkanes of at least 4 members (excludes halogenated alkanes) is 7. The Hall–Kier alpha value is -0.640. The number of hydrogen-bond donors (Lipinski definition) is 0. The lowest BCUT2D eigenvalue weighted by Gasteiger charge is -1.97. The van der Waals surface area contributed by atoms with E-state index in [2.05, 4.69) is 18.9 Å². The molecule has 0 rings (SSSR count). The van der Waals surface area contributed by atoms with Crippen LogP contribution in [0, 0.1) is 12.0 Å². The van der Waals surface area contributed by atoms with Gasteiger partial charge in [0.1, 0.15) is 0 Å². The zero-order chi connectivity index (χ0) is 9.07. The van der Waals surface area contributed by atoms with Crippen LogP contribution in [0.5, 0.6) is 0 Å². The standard InChI is InChI=1S/C11H20N/c1-2-3-4-5-6-7-8-9-10-11-12/h12H,2-9H2,1H3. The van der Waals surface area contributed by atoms with Gasteiger partial charge < -0.3 is 0 Å². The van der Waals surface area contributed by atoms with Gasteiger partial charge in [-0.05, 0) is 6.42 Å². The first kappa shape index (κ1) is 11.4. The Labute approximate surface area is 76.7 Å². The Balaban J connectivity index is 2.84. The summed E-state index contributed by atoms with van der Waals surface area (Å²) >= 11 is 0. The summed E-state index contributed by atoms with van der Waals surface area (Å²) in [6.07, 6.45) is 10.2. The van der Waals surface area contributed by atoms with Crippen LogP contribution in [-0.4, -0.2) is 0 Å². The van der Waals surface area contributed by atoms with Gasteiger partial charge in [-0.2, -0.15) is 0 Å². The van der Waals surface area contributed by atoms with E-state index in [1.807, 2.05) is 0 Å². The molecule has 0 aliphatic heterocycles. The molecule has 0 saturated carbocycles. The van der Waals surface area contributed by atoms with Gasteiger partial charge in [0.15, 0.2) is 0 Å². The molecule has 1 radical (unpaired) electrons. The number of rotatable bonds is 7. The zero-order valence-electron chi connectivity index (χ0n) is 8.16. The van der Waals surface area contributed by atoms with Crippen LogP contribution in [0.1, 0.15) is 58.3 Å². The van der Waals surface area contributed by atoms with Crippen molar-refractivity contribution in [2.45, 2.75) is 58.3 Å². The van der Waals surface area contributed by atoms with Crippen molar-refractivity contribution in [2.24, 2.45) is 0 Å². The topological polar surface area (TPSA) is 23.8 Å². The Bertz CT molecular complexity index is 130. The average Bonchev–Trinajstić information content (AvgIpc) is 2.10. The van der Waals surface area contributed by atoms with Crippen LogP contribution in [0.4, 0.5) is 0 Å². The largest absolute Gasteiger partial charge is 0.252 e. The van der Waals surface area contributed by atoms with Crippen molar-refractivity contribution in [3.63, 3.8) is 0 Å². The predicted molar refractivity (Wildman–Crippen MR) is 53.5 cm³/mol. The van der Waals surface area contributed by atoms with Gasteiger partial charge in [0, 0.05) is 12.5 Å². The van der Waals surface area contributed by atoms with Gasteiger partial charge in [-0.25, -0.2) is 0 Å². The molecular weight excluding hydrogens is 146 g/mol. The number of hydrogen-bond acceptors (Lipinski definition) is 0. The lowest BCUT2D eigenvalue weighted by Crippen LogP contribution is -1.78. The highest BCUT2D eigenvalue weighted by molar-refractivity contribution is 4.92. The highest BCUT2D eigenvalue weighted by Crippen LogP contribution is 2.07. The lowest BCUT2D eigenvalue weighted by atomic mass is 10.1. The van der Waals surface area contributed by atoms with Gasteiger partial charge in [-0.3, -0.25) is 5.73 Å². The SMILES string of the molecule is CCCCCCCCCC#C[NH]. The fraction of sp³-hybridized carbons (Fsp3) is 0.818. The van der Waals surface area contributed by atoms with Crippen LogP contribution in [0.2, 0.25) is 0 Å². The first-order valence-corrected chi connectivity index (χ1v) is 5.06. The van der Waals surface area contributed by atoms with Crippen LogP contribution in [-0.2, 0) is 0 Å². The molecular formula is C11H20N. The maximum Gasteiger partial charge on any atom is 0.0254 e. The molecule has 0 unspecified atom stereocenters. The molecule has 0 aromatic carbocycles. The van der Waals surface area contributed by atoms with E-state index >= 15 is 0 Å². The maximum absolute atomic E-state index is 6.61. The summed E-state index contributed by atoms with van der Waals surface area (Å²) < 4.78 is 0. The van der Waals surface area contributed by atoms with Gasteiger partial charge >= 0.3 is 0 Å². The number of nitrogens with one attached hydrogen (secondary N) is 1. The molecule has 0 fully saturated rings. The van der Waals surface area contributed by atoms with E-state index in [-0.39, 0.29) is 0 Å². The van der Waals surface area contributed by atoms with Crippen LogP contribution in [0.25, 0.3) is 0 Å². The molecule has 69 valence electrons. The third-order valence-electron chi connectivity index (χ3n) is 1.99. The van der Waals surface area contributed by atoms with E-state index in [4.69, 9.17) is 5.73 Å².